The zero-order valence-corrected chi connectivity index (χ0v) is 74.5. The molecule has 5 aliphatic heterocycles. The Hall–Kier alpha value is -9.11. The maximum Gasteiger partial charge on any atom is 0.178 e. The standard InChI is InChI=1S/C22H26N2O2.C21H25N3O2.C21H24N2O3.C19H21N3O2.C19H26N2O2/c1-15-16(2)26-22(25-15)11-7-8-18-12-20-17(13-21(18,22)3)14-23-24(20)19-9-5-4-6-10-19;1-14-15(2)26-21(25-14)8-4-5-17-11-19-16(12-20(17,21)3)13-23-24(19)18-6-9-22-10-7-18;1-20-13-15-14-22-23(17-5-7-18(24-2)8-6-17)19(15)12-16(20)4-3-9-21(20)25-10-11-26-21;1-18-12-14-13-21-22(16-4-7-20-8-5-16)17(14)11-15(18)3-2-6-19(18)23-9-10-24-19;1-18-12-14-13-20-21(16-6-2-3-7-16)17(14)11-15(18)5-4-8-19(18)22-9-10-23-19/h4-6,9-10,12,14-16H,7-8,11,13H2,1-3H3;6-7,9-11,13-15H,4-5,8,12H2,1-3H3;5-8,12,14H,3-4,9-11,13H2,1-2H3;4-5,7-8,11,13H,2-3,6,9-10,12H2,1H3;11,13,16H,2-10,12H2,1H3/t15-,16-,21?;14-,15-,20?;;;/m11.../s1. The minimum absolute atomic E-state index is 0.0295. The third-order valence-corrected chi connectivity index (χ3v) is 32.1. The lowest BCUT2D eigenvalue weighted by Crippen LogP contribution is -2.53. The molecular formula is C102H122N12O11. The quantitative estimate of drug-likeness (QED) is 0.151. The third-order valence-electron chi connectivity index (χ3n) is 32.1. The first-order chi connectivity index (χ1) is 60.6. The first-order valence-electron chi connectivity index (χ1n) is 46.6. The largest absolute Gasteiger partial charge is 0.497 e. The molecule has 0 amide bonds. The Morgan fingerprint density at radius 1 is 0.320 bits per heavy atom. The van der Waals surface area contributed by atoms with E-state index in [0.29, 0.717) is 32.5 Å². The van der Waals surface area contributed by atoms with Crippen molar-refractivity contribution in [3.8, 4) is 28.5 Å². The van der Waals surface area contributed by atoms with E-state index in [1.165, 1.54) is 116 Å². The van der Waals surface area contributed by atoms with Gasteiger partial charge in [-0.15, -0.1) is 0 Å². The number of hydrogen-bond donors (Lipinski definition) is 0. The molecule has 11 aliphatic carbocycles. The third kappa shape index (κ3) is 13.5. The van der Waals surface area contributed by atoms with Crippen LogP contribution in [-0.4, -0.2) is 159 Å². The second-order valence-corrected chi connectivity index (χ2v) is 39.1. The smallest absolute Gasteiger partial charge is 0.178 e. The van der Waals surface area contributed by atoms with Gasteiger partial charge >= 0.3 is 0 Å². The van der Waals surface area contributed by atoms with Crippen LogP contribution in [0.1, 0.15) is 247 Å². The van der Waals surface area contributed by atoms with Crippen molar-refractivity contribution in [2.75, 3.05) is 46.8 Å². The normalized spacial score (nSPS) is 30.2. The minimum atomic E-state index is -0.508. The number of pyridine rings is 2. The van der Waals surface area contributed by atoms with Gasteiger partial charge in [0.05, 0.1) is 159 Å². The molecule has 0 bridgehead atoms. The first-order valence-corrected chi connectivity index (χ1v) is 46.6. The fraction of sp³-hybridized carbons (Fsp3) is 0.539. The topological polar surface area (TPSA) is 216 Å². The number of methoxy groups -OCH3 is 1. The summed E-state index contributed by atoms with van der Waals surface area (Å²) in [7, 11) is 1.68. The highest BCUT2D eigenvalue weighted by Gasteiger charge is 2.65. The molecule has 5 saturated heterocycles. The predicted molar refractivity (Wildman–Crippen MR) is 476 cm³/mol. The molecule has 11 fully saturated rings. The van der Waals surface area contributed by atoms with Gasteiger partial charge in [-0.05, 0) is 256 Å². The number of aromatic nitrogens is 12. The minimum Gasteiger partial charge on any atom is -0.497 e. The molecule has 12 heterocycles. The number of nitrogens with zero attached hydrogens (tertiary/aromatic N) is 12. The number of ether oxygens (including phenoxy) is 11. The van der Waals surface area contributed by atoms with Crippen LogP contribution in [0.15, 0.2) is 162 Å². The molecule has 0 radical (unpaired) electrons. The van der Waals surface area contributed by atoms with E-state index >= 15 is 0 Å². The van der Waals surface area contributed by atoms with Gasteiger partial charge in [-0.2, -0.15) is 25.5 Å². The Morgan fingerprint density at radius 2 is 0.600 bits per heavy atom. The zero-order valence-electron chi connectivity index (χ0n) is 74.5. The molecule has 6 saturated carbocycles. The molecule has 5 unspecified atom stereocenters. The van der Waals surface area contributed by atoms with Crippen molar-refractivity contribution >= 4 is 30.4 Å². The molecule has 9 aromatic rings. The monoisotopic (exact) mass is 1690 g/mol. The number of rotatable bonds is 6. The predicted octanol–water partition coefficient (Wildman–Crippen LogP) is 19.2. The van der Waals surface area contributed by atoms with Gasteiger partial charge in [0.1, 0.15) is 5.75 Å². The zero-order chi connectivity index (χ0) is 85.4. The summed E-state index contributed by atoms with van der Waals surface area (Å²) in [5.41, 5.74) is 23.5. The molecule has 125 heavy (non-hydrogen) atoms. The molecule has 23 nitrogen and oxygen atoms in total. The van der Waals surface area contributed by atoms with Gasteiger partial charge in [0.15, 0.2) is 28.9 Å². The molecule has 7 aromatic heterocycles. The van der Waals surface area contributed by atoms with E-state index in [9.17, 15) is 0 Å². The van der Waals surface area contributed by atoms with E-state index in [0.717, 1.165) is 164 Å². The van der Waals surface area contributed by atoms with Crippen LogP contribution in [0.3, 0.4) is 0 Å². The lowest BCUT2D eigenvalue weighted by atomic mass is 9.62. The van der Waals surface area contributed by atoms with Crippen LogP contribution in [0.5, 0.6) is 5.75 Å². The van der Waals surface area contributed by atoms with Gasteiger partial charge in [-0.1, -0.05) is 93.5 Å². The number of fused-ring (bicyclic) bond motifs is 15. The van der Waals surface area contributed by atoms with Gasteiger partial charge in [0, 0.05) is 84.0 Å². The highest BCUT2D eigenvalue weighted by Crippen LogP contribution is 2.63. The Labute approximate surface area is 734 Å². The summed E-state index contributed by atoms with van der Waals surface area (Å²) < 4.78 is 78.7. The summed E-state index contributed by atoms with van der Waals surface area (Å²) in [4.78, 5) is 8.22. The molecular weight excluding hydrogens is 1570 g/mol. The highest BCUT2D eigenvalue weighted by atomic mass is 16.8. The van der Waals surface area contributed by atoms with Crippen LogP contribution in [-0.2, 0) is 79.5 Å². The van der Waals surface area contributed by atoms with Crippen LogP contribution in [0.4, 0.5) is 0 Å². The Morgan fingerprint density at radius 3 is 0.928 bits per heavy atom. The SMILES string of the molecule is CC12Cc3cnn(-c4ccncc4)c3C=C1CCCC21OCCO1.CC12Cc3cnn(C4CCCC4)c3C=C1CCCC21OCCO1.COc1ccc(-n2ncc3c2C=C2CCCC4(OCCO4)C2(C)C3)cc1.C[C@H]1OC2(CCCC3=Cc4c(cnn4-c4ccccc4)CC32C)O[C@@H]1C.C[C@H]1OC2(CCCC3=Cc4c(cnn4-c4ccncc4)CC32C)O[C@@H]1C. The lowest BCUT2D eigenvalue weighted by Gasteiger charge is -2.51. The van der Waals surface area contributed by atoms with Gasteiger partial charge in [-0.3, -0.25) is 14.6 Å². The summed E-state index contributed by atoms with van der Waals surface area (Å²) in [6, 6.07) is 27.0. The highest BCUT2D eigenvalue weighted by molar-refractivity contribution is 5.67. The van der Waals surface area contributed by atoms with E-state index in [-0.39, 0.29) is 51.5 Å². The van der Waals surface area contributed by atoms with Gasteiger partial charge in [0.25, 0.3) is 0 Å². The number of benzene rings is 2. The maximum absolute atomic E-state index is 6.49. The fourth-order valence-electron chi connectivity index (χ4n) is 24.8. The van der Waals surface area contributed by atoms with E-state index < -0.39 is 28.9 Å². The second-order valence-electron chi connectivity index (χ2n) is 39.1. The summed E-state index contributed by atoms with van der Waals surface area (Å²) in [6.45, 7) is 24.3. The van der Waals surface area contributed by atoms with Gasteiger partial charge < -0.3 is 52.1 Å². The Bertz CT molecular complexity index is 5490. The van der Waals surface area contributed by atoms with Crippen molar-refractivity contribution in [2.24, 2.45) is 27.1 Å². The van der Waals surface area contributed by atoms with Crippen LogP contribution in [0.2, 0.25) is 0 Å². The van der Waals surface area contributed by atoms with Crippen molar-refractivity contribution in [3.63, 3.8) is 0 Å². The Balaban J connectivity index is 0.0000000956. The summed E-state index contributed by atoms with van der Waals surface area (Å²) in [5.74, 6) is -1.46. The summed E-state index contributed by atoms with van der Waals surface area (Å²) >= 11 is 0. The molecule has 0 N–H and O–H groups in total. The van der Waals surface area contributed by atoms with E-state index in [1.54, 1.807) is 19.5 Å². The van der Waals surface area contributed by atoms with Crippen molar-refractivity contribution in [2.45, 2.75) is 276 Å². The van der Waals surface area contributed by atoms with E-state index in [1.807, 2.05) is 106 Å². The van der Waals surface area contributed by atoms with Crippen LogP contribution in [0, 0.1) is 27.1 Å². The van der Waals surface area contributed by atoms with Crippen LogP contribution >= 0.6 is 0 Å². The van der Waals surface area contributed by atoms with Gasteiger partial charge in [-0.25, -0.2) is 18.7 Å². The van der Waals surface area contributed by atoms with E-state index in [2.05, 4.69) is 158 Å². The number of hydrogen-bond acceptors (Lipinski definition) is 18. The molecule has 25 rings (SSSR count). The van der Waals surface area contributed by atoms with Gasteiger partial charge in [0.2, 0.25) is 0 Å². The van der Waals surface area contributed by atoms with Crippen molar-refractivity contribution in [1.82, 2.24) is 58.9 Å². The molecule has 5 spiro atoms. The lowest BCUT2D eigenvalue weighted by molar-refractivity contribution is -0.246. The van der Waals surface area contributed by atoms with E-state index in [4.69, 9.17) is 62.3 Å². The van der Waals surface area contributed by atoms with Crippen LogP contribution < -0.4 is 4.74 Å². The first kappa shape index (κ1) is 82.8. The summed E-state index contributed by atoms with van der Waals surface area (Å²) in [5, 5.41) is 23.4. The van der Waals surface area contributed by atoms with Crippen LogP contribution in [0.25, 0.3) is 53.1 Å². The van der Waals surface area contributed by atoms with Crippen molar-refractivity contribution in [1.29, 1.82) is 0 Å². The molecule has 16 aliphatic rings. The maximum atomic E-state index is 6.49. The fourth-order valence-corrected chi connectivity index (χ4v) is 24.8. The van der Waals surface area contributed by atoms with Crippen molar-refractivity contribution in [3.05, 3.63) is 219 Å². The molecule has 9 atom stereocenters. The number of para-hydroxylation sites is 1. The Kier molecular flexibility index (Phi) is 21.2. The second kappa shape index (κ2) is 32.0. The molecule has 2 aromatic carbocycles. The molecule has 656 valence electrons. The van der Waals surface area contributed by atoms with Crippen molar-refractivity contribution < 1.29 is 52.1 Å². The molecule has 23 heteroatoms. The summed E-state index contributed by atoms with van der Waals surface area (Å²) in [6.07, 6.45) is 55.6. The average molecular weight is 1690 g/mol. The average Bonchev–Trinajstić information content (AvgIpc) is 1.64.